The summed E-state index contributed by atoms with van der Waals surface area (Å²) in [5.41, 5.74) is 0.443. The maximum Gasteiger partial charge on any atom is 0.130 e. The molecular formula is C9H12N2O. The zero-order valence-electron chi connectivity index (χ0n) is 7.32. The lowest BCUT2D eigenvalue weighted by Crippen LogP contribution is -2.17. The molecule has 0 aromatic carbocycles. The Morgan fingerprint density at radius 1 is 1.67 bits per heavy atom. The molecule has 0 saturated carbocycles. The molecule has 3 nitrogen and oxygen atoms in total. The summed E-state index contributed by atoms with van der Waals surface area (Å²) in [6, 6.07) is 0. The minimum atomic E-state index is -0.457. The van der Waals surface area contributed by atoms with Crippen LogP contribution in [-0.4, -0.2) is 16.1 Å². The standard InChI is InChI=1S/C9H12N2O/c1-4-11-6-8(5-10-11)9(2,3)7-12/h4-7H,1H2,2-3H3. The molecule has 0 radical (unpaired) electrons. The van der Waals surface area contributed by atoms with Crippen molar-refractivity contribution in [2.24, 2.45) is 0 Å². The molecule has 0 unspecified atom stereocenters. The van der Waals surface area contributed by atoms with E-state index in [0.717, 1.165) is 11.8 Å². The molecule has 1 rings (SSSR count). The van der Waals surface area contributed by atoms with Gasteiger partial charge in [-0.25, -0.2) is 4.68 Å². The van der Waals surface area contributed by atoms with Crippen LogP contribution in [0, 0.1) is 0 Å². The van der Waals surface area contributed by atoms with Crippen molar-refractivity contribution in [2.75, 3.05) is 0 Å². The molecule has 1 aromatic rings. The Kier molecular flexibility index (Phi) is 2.13. The summed E-state index contributed by atoms with van der Waals surface area (Å²) >= 11 is 0. The lowest BCUT2D eigenvalue weighted by molar-refractivity contribution is -0.111. The fourth-order valence-electron chi connectivity index (χ4n) is 0.839. The fraction of sp³-hybridized carbons (Fsp3) is 0.333. The smallest absolute Gasteiger partial charge is 0.130 e. The SMILES string of the molecule is C=Cn1cc(C(C)(C)C=O)cn1. The first-order valence-corrected chi connectivity index (χ1v) is 3.73. The van der Waals surface area contributed by atoms with Gasteiger partial charge in [0.25, 0.3) is 0 Å². The summed E-state index contributed by atoms with van der Waals surface area (Å²) in [5.74, 6) is 0. The Hall–Kier alpha value is -1.38. The number of carbonyl (C=O) groups excluding carboxylic acids is 1. The lowest BCUT2D eigenvalue weighted by atomic mass is 9.89. The fourth-order valence-corrected chi connectivity index (χ4v) is 0.839. The average molecular weight is 164 g/mol. The molecule has 12 heavy (non-hydrogen) atoms. The van der Waals surface area contributed by atoms with Gasteiger partial charge in [0.05, 0.1) is 6.20 Å². The van der Waals surface area contributed by atoms with E-state index in [1.54, 1.807) is 23.3 Å². The number of hydrogen-bond donors (Lipinski definition) is 0. The summed E-state index contributed by atoms with van der Waals surface area (Å²) in [4.78, 5) is 10.7. The van der Waals surface area contributed by atoms with E-state index in [1.807, 2.05) is 13.8 Å². The van der Waals surface area contributed by atoms with Gasteiger partial charge in [-0.2, -0.15) is 5.10 Å². The van der Waals surface area contributed by atoms with Crippen LogP contribution >= 0.6 is 0 Å². The van der Waals surface area contributed by atoms with Gasteiger partial charge in [-0.05, 0) is 13.8 Å². The van der Waals surface area contributed by atoms with E-state index in [1.165, 1.54) is 0 Å². The normalized spacial score (nSPS) is 11.2. The molecule has 0 spiro atoms. The number of rotatable bonds is 3. The molecule has 0 aliphatic carbocycles. The molecule has 0 bridgehead atoms. The monoisotopic (exact) mass is 164 g/mol. The second-order valence-corrected chi connectivity index (χ2v) is 3.23. The van der Waals surface area contributed by atoms with Crippen molar-refractivity contribution in [1.82, 2.24) is 9.78 Å². The Balaban J connectivity index is 3.03. The van der Waals surface area contributed by atoms with Gasteiger partial charge in [0.1, 0.15) is 6.29 Å². The van der Waals surface area contributed by atoms with Crippen LogP contribution < -0.4 is 0 Å². The van der Waals surface area contributed by atoms with Gasteiger partial charge in [-0.3, -0.25) is 0 Å². The third kappa shape index (κ3) is 1.44. The van der Waals surface area contributed by atoms with Crippen molar-refractivity contribution in [1.29, 1.82) is 0 Å². The van der Waals surface area contributed by atoms with Gasteiger partial charge in [0.15, 0.2) is 0 Å². The van der Waals surface area contributed by atoms with Gasteiger partial charge in [-0.1, -0.05) is 6.58 Å². The second-order valence-electron chi connectivity index (χ2n) is 3.23. The van der Waals surface area contributed by atoms with Crippen LogP contribution in [0.3, 0.4) is 0 Å². The third-order valence-electron chi connectivity index (χ3n) is 1.83. The number of hydrogen-bond acceptors (Lipinski definition) is 2. The van der Waals surface area contributed by atoms with Gasteiger partial charge in [-0.15, -0.1) is 0 Å². The van der Waals surface area contributed by atoms with Gasteiger partial charge < -0.3 is 4.79 Å². The molecule has 0 saturated heterocycles. The number of nitrogens with zero attached hydrogens (tertiary/aromatic N) is 2. The molecule has 0 aliphatic rings. The first-order valence-electron chi connectivity index (χ1n) is 3.73. The van der Waals surface area contributed by atoms with Crippen LogP contribution in [0.5, 0.6) is 0 Å². The summed E-state index contributed by atoms with van der Waals surface area (Å²) < 4.78 is 1.58. The van der Waals surface area contributed by atoms with Crippen LogP contribution in [0.2, 0.25) is 0 Å². The van der Waals surface area contributed by atoms with Crippen molar-refractivity contribution >= 4 is 12.5 Å². The average Bonchev–Trinajstić information content (AvgIpc) is 2.52. The quantitative estimate of drug-likeness (QED) is 0.634. The van der Waals surface area contributed by atoms with E-state index >= 15 is 0 Å². The minimum Gasteiger partial charge on any atom is -0.302 e. The van der Waals surface area contributed by atoms with E-state index in [-0.39, 0.29) is 0 Å². The number of carbonyl (C=O) groups is 1. The van der Waals surface area contributed by atoms with E-state index in [2.05, 4.69) is 11.7 Å². The predicted molar refractivity (Wildman–Crippen MR) is 47.7 cm³/mol. The molecular weight excluding hydrogens is 152 g/mol. The van der Waals surface area contributed by atoms with Crippen LogP contribution in [0.25, 0.3) is 6.20 Å². The molecule has 0 amide bonds. The predicted octanol–water partition coefficient (Wildman–Crippen LogP) is 1.46. The summed E-state index contributed by atoms with van der Waals surface area (Å²) in [5, 5.41) is 3.99. The Morgan fingerprint density at radius 3 is 2.75 bits per heavy atom. The highest BCUT2D eigenvalue weighted by Gasteiger charge is 2.20. The maximum atomic E-state index is 10.7. The number of aromatic nitrogens is 2. The van der Waals surface area contributed by atoms with Crippen molar-refractivity contribution < 1.29 is 4.79 Å². The van der Waals surface area contributed by atoms with Crippen molar-refractivity contribution in [3.8, 4) is 0 Å². The van der Waals surface area contributed by atoms with Crippen molar-refractivity contribution in [3.63, 3.8) is 0 Å². The van der Waals surface area contributed by atoms with Gasteiger partial charge in [0.2, 0.25) is 0 Å². The highest BCUT2D eigenvalue weighted by Crippen LogP contribution is 2.19. The molecule has 0 N–H and O–H groups in total. The van der Waals surface area contributed by atoms with Gasteiger partial charge >= 0.3 is 0 Å². The van der Waals surface area contributed by atoms with E-state index in [0.29, 0.717) is 0 Å². The molecule has 1 aromatic heterocycles. The molecule has 0 aliphatic heterocycles. The first kappa shape index (κ1) is 8.71. The highest BCUT2D eigenvalue weighted by molar-refractivity contribution is 5.66. The zero-order chi connectivity index (χ0) is 9.19. The van der Waals surface area contributed by atoms with Crippen LogP contribution in [0.15, 0.2) is 19.0 Å². The topological polar surface area (TPSA) is 34.9 Å². The van der Waals surface area contributed by atoms with Crippen LogP contribution in [-0.2, 0) is 10.2 Å². The van der Waals surface area contributed by atoms with E-state index in [4.69, 9.17) is 0 Å². The summed E-state index contributed by atoms with van der Waals surface area (Å²) in [6.07, 6.45) is 5.97. The molecule has 0 atom stereocenters. The van der Waals surface area contributed by atoms with Crippen molar-refractivity contribution in [3.05, 3.63) is 24.5 Å². The Labute approximate surface area is 71.7 Å². The number of aldehydes is 1. The van der Waals surface area contributed by atoms with Gasteiger partial charge in [0, 0.05) is 23.4 Å². The van der Waals surface area contributed by atoms with E-state index < -0.39 is 5.41 Å². The van der Waals surface area contributed by atoms with Crippen molar-refractivity contribution in [2.45, 2.75) is 19.3 Å². The molecule has 0 fully saturated rings. The summed E-state index contributed by atoms with van der Waals surface area (Å²) in [7, 11) is 0. The third-order valence-corrected chi connectivity index (χ3v) is 1.83. The first-order chi connectivity index (χ1) is 5.60. The Morgan fingerprint density at radius 2 is 2.33 bits per heavy atom. The Bertz CT molecular complexity index is 299. The van der Waals surface area contributed by atoms with Crippen LogP contribution in [0.1, 0.15) is 19.4 Å². The van der Waals surface area contributed by atoms with Crippen LogP contribution in [0.4, 0.5) is 0 Å². The lowest BCUT2D eigenvalue weighted by Gasteiger charge is -2.12. The highest BCUT2D eigenvalue weighted by atomic mass is 16.1. The minimum absolute atomic E-state index is 0.457. The molecule has 3 heteroatoms. The molecule has 1 heterocycles. The second kappa shape index (κ2) is 2.93. The zero-order valence-corrected chi connectivity index (χ0v) is 7.32. The summed E-state index contributed by atoms with van der Waals surface area (Å²) in [6.45, 7) is 7.27. The van der Waals surface area contributed by atoms with E-state index in [9.17, 15) is 4.79 Å². The molecule has 64 valence electrons. The largest absolute Gasteiger partial charge is 0.302 e. The maximum absolute atomic E-state index is 10.7.